The monoisotopic (exact) mass is 565 g/mol. The van der Waals surface area contributed by atoms with E-state index in [0.717, 1.165) is 41.4 Å². The number of ether oxygens (including phenoxy) is 1. The topological polar surface area (TPSA) is 86.5 Å². The molecule has 0 saturated carbocycles. The van der Waals surface area contributed by atoms with Crippen molar-refractivity contribution in [2.24, 2.45) is 0 Å². The minimum atomic E-state index is -0.293. The van der Waals surface area contributed by atoms with E-state index in [1.165, 1.54) is 6.08 Å². The Morgan fingerprint density at radius 3 is 2.71 bits per heavy atom. The van der Waals surface area contributed by atoms with E-state index < -0.39 is 0 Å². The standard InChI is InChI=1S/C32H35N7O3/c1-4-29(40)39-16-15-37(18-24(39)17-33-2)30-27-19-38(31(41)26-13-7-10-22-9-5-6-12-25(22)26)20-28(27)34-32(35-30)42-21-23-11-8-14-36(23)3/h4-7,9-10,12-13,23-24H,1,8,11,14-21H2,3H3/t23-,24-/m0/s1. The van der Waals surface area contributed by atoms with E-state index >= 15 is 0 Å². The predicted octanol–water partition coefficient (Wildman–Crippen LogP) is 3.38. The van der Waals surface area contributed by atoms with Gasteiger partial charge < -0.3 is 29.2 Å². The van der Waals surface area contributed by atoms with Crippen LogP contribution in [0.15, 0.2) is 55.1 Å². The lowest BCUT2D eigenvalue weighted by atomic mass is 10.0. The van der Waals surface area contributed by atoms with Crippen LogP contribution in [0.5, 0.6) is 6.01 Å². The fourth-order valence-electron chi connectivity index (χ4n) is 6.34. The van der Waals surface area contributed by atoms with Gasteiger partial charge in [-0.15, -0.1) is 0 Å². The molecular weight excluding hydrogens is 530 g/mol. The Morgan fingerprint density at radius 1 is 1.10 bits per heavy atom. The minimum absolute atomic E-state index is 0.0573. The Kier molecular flexibility index (Phi) is 7.76. The molecule has 2 fully saturated rings. The highest BCUT2D eigenvalue weighted by molar-refractivity contribution is 6.07. The van der Waals surface area contributed by atoms with Gasteiger partial charge in [-0.25, -0.2) is 6.57 Å². The van der Waals surface area contributed by atoms with E-state index in [9.17, 15) is 9.59 Å². The van der Waals surface area contributed by atoms with E-state index in [1.54, 1.807) is 4.90 Å². The third-order valence-corrected chi connectivity index (χ3v) is 8.67. The second kappa shape index (κ2) is 11.8. The molecule has 3 aromatic rings. The number of fused-ring (bicyclic) bond motifs is 2. The lowest BCUT2D eigenvalue weighted by molar-refractivity contribution is -0.128. The number of anilines is 1. The Morgan fingerprint density at radius 2 is 1.93 bits per heavy atom. The second-order valence-electron chi connectivity index (χ2n) is 11.2. The molecule has 0 spiro atoms. The summed E-state index contributed by atoms with van der Waals surface area (Å²) in [5.74, 6) is 0.481. The molecule has 3 aliphatic heterocycles. The summed E-state index contributed by atoms with van der Waals surface area (Å²) in [6.45, 7) is 15.0. The molecule has 0 radical (unpaired) electrons. The summed E-state index contributed by atoms with van der Waals surface area (Å²) in [6.07, 6.45) is 3.51. The van der Waals surface area contributed by atoms with Crippen LogP contribution in [0, 0.1) is 6.57 Å². The van der Waals surface area contributed by atoms with Crippen molar-refractivity contribution in [1.29, 1.82) is 0 Å². The largest absolute Gasteiger partial charge is 0.462 e. The van der Waals surface area contributed by atoms with Crippen LogP contribution < -0.4 is 9.64 Å². The molecule has 42 heavy (non-hydrogen) atoms. The van der Waals surface area contributed by atoms with Gasteiger partial charge in [-0.05, 0) is 49.3 Å². The van der Waals surface area contributed by atoms with E-state index in [0.29, 0.717) is 62.8 Å². The number of likely N-dealkylation sites (tertiary alicyclic amines) is 1. The molecule has 2 saturated heterocycles. The summed E-state index contributed by atoms with van der Waals surface area (Å²) < 4.78 is 6.19. The number of amides is 2. The second-order valence-corrected chi connectivity index (χ2v) is 11.2. The number of carbonyl (C=O) groups excluding carboxylic acids is 2. The molecule has 0 bridgehead atoms. The molecule has 4 heterocycles. The molecule has 2 amide bonds. The van der Waals surface area contributed by atoms with Crippen molar-refractivity contribution in [2.45, 2.75) is 38.0 Å². The van der Waals surface area contributed by atoms with Crippen LogP contribution in [0.25, 0.3) is 15.6 Å². The Hall–Kier alpha value is -4.49. The number of rotatable bonds is 7. The first kappa shape index (κ1) is 27.7. The van der Waals surface area contributed by atoms with Crippen LogP contribution in [0.1, 0.15) is 34.5 Å². The van der Waals surface area contributed by atoms with Gasteiger partial charge in [0.05, 0.1) is 18.8 Å². The van der Waals surface area contributed by atoms with Crippen molar-refractivity contribution in [3.63, 3.8) is 0 Å². The van der Waals surface area contributed by atoms with Gasteiger partial charge in [-0.3, -0.25) is 9.59 Å². The molecule has 1 aromatic heterocycles. The summed E-state index contributed by atoms with van der Waals surface area (Å²) >= 11 is 0. The zero-order valence-corrected chi connectivity index (χ0v) is 23.9. The quantitative estimate of drug-likeness (QED) is 0.321. The first-order valence-corrected chi connectivity index (χ1v) is 14.5. The van der Waals surface area contributed by atoms with Gasteiger partial charge in [0.25, 0.3) is 5.91 Å². The van der Waals surface area contributed by atoms with Crippen molar-refractivity contribution < 1.29 is 14.3 Å². The fraction of sp³-hybridized carbons (Fsp3) is 0.406. The highest BCUT2D eigenvalue weighted by Gasteiger charge is 2.37. The van der Waals surface area contributed by atoms with Crippen LogP contribution in [0.2, 0.25) is 0 Å². The smallest absolute Gasteiger partial charge is 0.318 e. The minimum Gasteiger partial charge on any atom is -0.462 e. The lowest BCUT2D eigenvalue weighted by Gasteiger charge is -2.39. The average molecular weight is 566 g/mol. The van der Waals surface area contributed by atoms with Gasteiger partial charge in [-0.2, -0.15) is 9.97 Å². The number of benzene rings is 2. The maximum absolute atomic E-state index is 13.9. The molecule has 6 rings (SSSR count). The third kappa shape index (κ3) is 5.28. The zero-order valence-electron chi connectivity index (χ0n) is 23.9. The van der Waals surface area contributed by atoms with Gasteiger partial charge in [0, 0.05) is 36.8 Å². The maximum atomic E-state index is 13.9. The van der Waals surface area contributed by atoms with E-state index in [2.05, 4.69) is 28.3 Å². The van der Waals surface area contributed by atoms with Crippen molar-refractivity contribution in [3.8, 4) is 6.01 Å². The Labute approximate surface area is 246 Å². The van der Waals surface area contributed by atoms with Gasteiger partial charge >= 0.3 is 6.01 Å². The van der Waals surface area contributed by atoms with Gasteiger partial charge in [0.1, 0.15) is 18.5 Å². The van der Waals surface area contributed by atoms with Crippen molar-refractivity contribution in [1.82, 2.24) is 24.7 Å². The van der Waals surface area contributed by atoms with Crippen LogP contribution >= 0.6 is 0 Å². The number of aromatic nitrogens is 2. The fourth-order valence-corrected chi connectivity index (χ4v) is 6.34. The molecule has 10 nitrogen and oxygen atoms in total. The molecule has 0 aliphatic carbocycles. The van der Waals surface area contributed by atoms with Gasteiger partial charge in [0.15, 0.2) is 0 Å². The molecule has 3 aliphatic rings. The predicted molar refractivity (Wildman–Crippen MR) is 160 cm³/mol. The number of likely N-dealkylation sites (N-methyl/N-ethyl adjacent to an activating group) is 1. The molecule has 2 atom stereocenters. The number of piperazine rings is 1. The zero-order chi connectivity index (χ0) is 29.2. The molecule has 216 valence electrons. The van der Waals surface area contributed by atoms with E-state index in [4.69, 9.17) is 21.3 Å². The van der Waals surface area contributed by atoms with E-state index in [1.807, 2.05) is 47.4 Å². The van der Waals surface area contributed by atoms with Crippen LogP contribution in [-0.4, -0.2) is 94.9 Å². The van der Waals surface area contributed by atoms with Crippen molar-refractivity contribution in [3.05, 3.63) is 83.4 Å². The molecule has 10 heteroatoms. The summed E-state index contributed by atoms with van der Waals surface area (Å²) in [5.41, 5.74) is 2.32. The van der Waals surface area contributed by atoms with Crippen LogP contribution in [0.3, 0.4) is 0 Å². The molecule has 0 unspecified atom stereocenters. The number of nitrogens with zero attached hydrogens (tertiary/aromatic N) is 7. The molecule has 0 N–H and O–H groups in total. The SMILES string of the molecule is [C-]#[N+]C[C@H]1CN(c2nc(OC[C@@H]3CCCN3C)nc3c2CN(C(=O)c2cccc4ccccc24)C3)CCN1C(=O)C=C. The van der Waals surface area contributed by atoms with Crippen molar-refractivity contribution >= 4 is 28.4 Å². The first-order chi connectivity index (χ1) is 20.5. The lowest BCUT2D eigenvalue weighted by Crippen LogP contribution is -2.56. The van der Waals surface area contributed by atoms with E-state index in [-0.39, 0.29) is 24.4 Å². The summed E-state index contributed by atoms with van der Waals surface area (Å²) in [4.78, 5) is 47.6. The third-order valence-electron chi connectivity index (χ3n) is 8.67. The Bertz CT molecular complexity index is 1560. The van der Waals surface area contributed by atoms with Gasteiger partial charge in [0.2, 0.25) is 12.5 Å². The Balaban J connectivity index is 1.31. The maximum Gasteiger partial charge on any atom is 0.318 e. The van der Waals surface area contributed by atoms with Crippen LogP contribution in [-0.2, 0) is 17.9 Å². The summed E-state index contributed by atoms with van der Waals surface area (Å²) in [7, 11) is 2.11. The molecular formula is C32H35N7O3. The normalized spacial score (nSPS) is 20.4. The van der Waals surface area contributed by atoms with Crippen LogP contribution in [0.4, 0.5) is 5.82 Å². The number of hydrogen-bond acceptors (Lipinski definition) is 7. The van der Waals surface area contributed by atoms with Crippen molar-refractivity contribution in [2.75, 3.05) is 51.3 Å². The average Bonchev–Trinajstić information content (AvgIpc) is 3.64. The molecule has 2 aromatic carbocycles. The highest BCUT2D eigenvalue weighted by Crippen LogP contribution is 2.34. The highest BCUT2D eigenvalue weighted by atomic mass is 16.5. The van der Waals surface area contributed by atoms with Gasteiger partial charge in [-0.1, -0.05) is 43.0 Å². The number of carbonyl (C=O) groups is 2. The summed E-state index contributed by atoms with van der Waals surface area (Å²) in [6, 6.07) is 14.0. The number of hydrogen-bond donors (Lipinski definition) is 0. The summed E-state index contributed by atoms with van der Waals surface area (Å²) in [5, 5.41) is 1.94. The first-order valence-electron chi connectivity index (χ1n) is 14.5.